The van der Waals surface area contributed by atoms with Crippen molar-refractivity contribution >= 4 is 23.2 Å². The highest BCUT2D eigenvalue weighted by Gasteiger charge is 2.27. The minimum atomic E-state index is -0.0402. The Morgan fingerprint density at radius 3 is 2.34 bits per heavy atom. The first-order valence-corrected chi connectivity index (χ1v) is 11.0. The van der Waals surface area contributed by atoms with Gasteiger partial charge >= 0.3 is 0 Å². The van der Waals surface area contributed by atoms with Crippen LogP contribution in [-0.4, -0.2) is 46.8 Å². The van der Waals surface area contributed by atoms with Gasteiger partial charge in [0.25, 0.3) is 5.91 Å². The molecule has 0 atom stereocenters. The molecule has 0 aliphatic carbocycles. The third-order valence-corrected chi connectivity index (χ3v) is 5.90. The Bertz CT molecular complexity index is 1240. The molecule has 0 saturated carbocycles. The van der Waals surface area contributed by atoms with Crippen molar-refractivity contribution < 1.29 is 9.21 Å². The van der Waals surface area contributed by atoms with E-state index in [0.717, 1.165) is 30.2 Å². The summed E-state index contributed by atoms with van der Waals surface area (Å²) in [7, 11) is 0. The number of para-hydroxylation sites is 1. The highest BCUT2D eigenvalue weighted by Crippen LogP contribution is 2.26. The number of nitrogens with zero attached hydrogens (tertiary/aromatic N) is 4. The van der Waals surface area contributed by atoms with Crippen molar-refractivity contribution in [1.82, 2.24) is 14.7 Å². The molecule has 0 bridgehead atoms. The van der Waals surface area contributed by atoms with Crippen LogP contribution in [0.2, 0.25) is 5.02 Å². The van der Waals surface area contributed by atoms with E-state index in [4.69, 9.17) is 21.1 Å². The first kappa shape index (κ1) is 20.4. The minimum Gasteiger partial charge on any atom is -0.460 e. The van der Waals surface area contributed by atoms with Crippen molar-refractivity contribution in [2.75, 3.05) is 31.1 Å². The summed E-state index contributed by atoms with van der Waals surface area (Å²) in [5.41, 5.74) is 3.08. The Morgan fingerprint density at radius 1 is 0.906 bits per heavy atom. The molecule has 1 fully saturated rings. The normalized spacial score (nSPS) is 14.1. The molecule has 2 aromatic carbocycles. The number of amides is 1. The minimum absolute atomic E-state index is 0.0402. The van der Waals surface area contributed by atoms with E-state index in [2.05, 4.69) is 4.90 Å². The predicted octanol–water partition coefficient (Wildman–Crippen LogP) is 5.06. The molecule has 2 aromatic heterocycles. The lowest BCUT2D eigenvalue weighted by molar-refractivity contribution is 0.0737. The van der Waals surface area contributed by atoms with Crippen LogP contribution >= 0.6 is 11.6 Å². The molecule has 32 heavy (non-hydrogen) atoms. The van der Waals surface area contributed by atoms with Crippen LogP contribution in [-0.2, 0) is 0 Å². The van der Waals surface area contributed by atoms with Gasteiger partial charge in [-0.15, -0.1) is 0 Å². The van der Waals surface area contributed by atoms with Crippen LogP contribution in [0.5, 0.6) is 0 Å². The lowest BCUT2D eigenvalue weighted by atomic mass is 10.2. The molecule has 0 radical (unpaired) electrons. The van der Waals surface area contributed by atoms with Gasteiger partial charge in [-0.3, -0.25) is 4.79 Å². The third kappa shape index (κ3) is 4.01. The number of aromatic nitrogens is 2. The molecular formula is C25H23ClN4O2. The van der Waals surface area contributed by atoms with E-state index >= 15 is 0 Å². The fourth-order valence-corrected chi connectivity index (χ4v) is 4.18. The van der Waals surface area contributed by atoms with Crippen LogP contribution in [0.25, 0.3) is 17.1 Å². The third-order valence-electron chi connectivity index (χ3n) is 5.66. The van der Waals surface area contributed by atoms with Crippen LogP contribution < -0.4 is 4.90 Å². The van der Waals surface area contributed by atoms with Crippen molar-refractivity contribution in [3.63, 3.8) is 0 Å². The zero-order valence-electron chi connectivity index (χ0n) is 17.7. The van der Waals surface area contributed by atoms with Gasteiger partial charge in [0, 0.05) is 43.0 Å². The fourth-order valence-electron chi connectivity index (χ4n) is 3.99. The van der Waals surface area contributed by atoms with Gasteiger partial charge in [-0.1, -0.05) is 35.9 Å². The van der Waals surface area contributed by atoms with Gasteiger partial charge in [0.05, 0.1) is 5.69 Å². The molecule has 4 aromatic rings. The number of furan rings is 1. The van der Waals surface area contributed by atoms with Gasteiger partial charge in [-0.2, -0.15) is 5.10 Å². The number of halogens is 1. The Kier molecular flexibility index (Phi) is 5.45. The van der Waals surface area contributed by atoms with Gasteiger partial charge in [0.2, 0.25) is 0 Å². The highest BCUT2D eigenvalue weighted by atomic mass is 35.5. The highest BCUT2D eigenvalue weighted by molar-refractivity contribution is 6.30. The number of hydrogen-bond donors (Lipinski definition) is 0. The number of piperazine rings is 1. The first-order valence-electron chi connectivity index (χ1n) is 10.6. The van der Waals surface area contributed by atoms with Crippen LogP contribution in [0.15, 0.2) is 77.2 Å². The standard InChI is InChI=1S/C25H23ClN4O2/c1-18-10-11-24(32-18)22-17-23(30(27-22)20-7-3-2-4-8-20)25(31)29-14-12-28(13-15-29)21-9-5-6-19(26)16-21/h2-11,16-17H,12-15H2,1H3. The Morgan fingerprint density at radius 2 is 1.66 bits per heavy atom. The van der Waals surface area contributed by atoms with Crippen LogP contribution in [0.1, 0.15) is 16.2 Å². The largest absolute Gasteiger partial charge is 0.460 e. The zero-order chi connectivity index (χ0) is 22.1. The zero-order valence-corrected chi connectivity index (χ0v) is 18.5. The summed E-state index contributed by atoms with van der Waals surface area (Å²) in [6.45, 7) is 4.63. The number of aryl methyl sites for hydroxylation is 1. The van der Waals surface area contributed by atoms with Crippen molar-refractivity contribution in [2.24, 2.45) is 0 Å². The summed E-state index contributed by atoms with van der Waals surface area (Å²) < 4.78 is 7.46. The van der Waals surface area contributed by atoms with E-state index in [-0.39, 0.29) is 5.91 Å². The second-order valence-corrected chi connectivity index (χ2v) is 8.27. The molecule has 1 saturated heterocycles. The van der Waals surface area contributed by atoms with E-state index in [1.165, 1.54) is 0 Å². The Hall–Kier alpha value is -3.51. The molecule has 162 valence electrons. The maximum atomic E-state index is 13.5. The molecule has 1 aliphatic heterocycles. The van der Waals surface area contributed by atoms with Crippen LogP contribution in [0, 0.1) is 6.92 Å². The van der Waals surface area contributed by atoms with E-state index < -0.39 is 0 Å². The number of anilines is 1. The number of carbonyl (C=O) groups excluding carboxylic acids is 1. The number of rotatable bonds is 4. The molecule has 1 amide bonds. The average Bonchev–Trinajstić information content (AvgIpc) is 3.46. The number of carbonyl (C=O) groups is 1. The van der Waals surface area contributed by atoms with E-state index in [1.807, 2.05) is 84.6 Å². The van der Waals surface area contributed by atoms with E-state index in [1.54, 1.807) is 4.68 Å². The molecule has 6 nitrogen and oxygen atoms in total. The van der Waals surface area contributed by atoms with Crippen molar-refractivity contribution in [3.8, 4) is 17.1 Å². The van der Waals surface area contributed by atoms with Crippen molar-refractivity contribution in [1.29, 1.82) is 0 Å². The second kappa shape index (κ2) is 8.55. The first-order chi connectivity index (χ1) is 15.6. The van der Waals surface area contributed by atoms with E-state index in [9.17, 15) is 4.79 Å². The average molecular weight is 447 g/mol. The van der Waals surface area contributed by atoms with Gasteiger partial charge in [0.15, 0.2) is 5.76 Å². The van der Waals surface area contributed by atoms with Gasteiger partial charge in [-0.05, 0) is 49.4 Å². The van der Waals surface area contributed by atoms with Crippen molar-refractivity contribution in [2.45, 2.75) is 6.92 Å². The molecular weight excluding hydrogens is 424 g/mol. The lowest BCUT2D eigenvalue weighted by Gasteiger charge is -2.36. The summed E-state index contributed by atoms with van der Waals surface area (Å²) in [5, 5.41) is 5.42. The summed E-state index contributed by atoms with van der Waals surface area (Å²) >= 11 is 6.14. The Labute approximate surface area is 191 Å². The van der Waals surface area contributed by atoms with E-state index in [0.29, 0.717) is 35.3 Å². The monoisotopic (exact) mass is 446 g/mol. The molecule has 1 aliphatic rings. The second-order valence-electron chi connectivity index (χ2n) is 7.83. The van der Waals surface area contributed by atoms with Crippen LogP contribution in [0.4, 0.5) is 5.69 Å². The number of hydrogen-bond acceptors (Lipinski definition) is 4. The van der Waals surface area contributed by atoms with Crippen molar-refractivity contribution in [3.05, 3.63) is 89.3 Å². The maximum Gasteiger partial charge on any atom is 0.272 e. The molecule has 0 unspecified atom stereocenters. The smallest absolute Gasteiger partial charge is 0.272 e. The topological polar surface area (TPSA) is 54.5 Å². The summed E-state index contributed by atoms with van der Waals surface area (Å²) in [6.07, 6.45) is 0. The molecule has 0 N–H and O–H groups in total. The number of benzene rings is 2. The van der Waals surface area contributed by atoms with Gasteiger partial charge in [0.1, 0.15) is 17.1 Å². The lowest BCUT2D eigenvalue weighted by Crippen LogP contribution is -2.49. The fraction of sp³-hybridized carbons (Fsp3) is 0.200. The molecule has 5 rings (SSSR count). The Balaban J connectivity index is 1.41. The SMILES string of the molecule is Cc1ccc(-c2cc(C(=O)N3CCN(c4cccc(Cl)c4)CC3)n(-c3ccccc3)n2)o1. The molecule has 0 spiro atoms. The molecule has 7 heteroatoms. The predicted molar refractivity (Wildman–Crippen MR) is 126 cm³/mol. The maximum absolute atomic E-state index is 13.5. The quantitative estimate of drug-likeness (QED) is 0.440. The van der Waals surface area contributed by atoms with Gasteiger partial charge < -0.3 is 14.2 Å². The molecule has 3 heterocycles. The van der Waals surface area contributed by atoms with Crippen LogP contribution in [0.3, 0.4) is 0 Å². The summed E-state index contributed by atoms with van der Waals surface area (Å²) in [4.78, 5) is 17.7. The summed E-state index contributed by atoms with van der Waals surface area (Å²) in [6, 6.07) is 23.1. The summed E-state index contributed by atoms with van der Waals surface area (Å²) in [5.74, 6) is 1.41. The van der Waals surface area contributed by atoms with Gasteiger partial charge in [-0.25, -0.2) is 4.68 Å².